The number of aryl methyl sites for hydroxylation is 1. The van der Waals surface area contributed by atoms with Gasteiger partial charge in [0, 0.05) is 18.0 Å². The van der Waals surface area contributed by atoms with Crippen LogP contribution in [0.25, 0.3) is 10.4 Å². The second-order valence-electron chi connectivity index (χ2n) is 8.18. The van der Waals surface area contributed by atoms with Crippen LogP contribution >= 0.6 is 11.3 Å². The number of carbonyl (C=O) groups is 2. The van der Waals surface area contributed by atoms with Crippen molar-refractivity contribution in [1.29, 1.82) is 0 Å². The lowest BCUT2D eigenvalue weighted by Crippen LogP contribution is -2.42. The molecule has 2 heterocycles. The molecule has 1 aromatic heterocycles. The average Bonchev–Trinajstić information content (AvgIpc) is 3.41. The van der Waals surface area contributed by atoms with Gasteiger partial charge in [0.1, 0.15) is 0 Å². The quantitative estimate of drug-likeness (QED) is 0.652. The number of nitrogens with two attached hydrogens (primary N) is 1. The fourth-order valence-electron chi connectivity index (χ4n) is 4.22. The molecule has 2 amide bonds. The number of benzene rings is 2. The van der Waals surface area contributed by atoms with Crippen LogP contribution in [0.4, 0.5) is 0 Å². The maximum atomic E-state index is 12.9. The number of hydrogen-bond donors (Lipinski definition) is 1. The number of carbonyl (C=O) groups excluding carboxylic acids is 2. The molecule has 4 nitrogen and oxygen atoms in total. The lowest BCUT2D eigenvalue weighted by atomic mass is 9.79. The maximum Gasteiger partial charge on any atom is 0.227 e. The van der Waals surface area contributed by atoms with Crippen LogP contribution in [-0.2, 0) is 22.4 Å². The molecule has 1 saturated heterocycles. The van der Waals surface area contributed by atoms with Gasteiger partial charge in [-0.2, -0.15) is 0 Å². The Kier molecular flexibility index (Phi) is 5.73. The molecule has 3 aromatic rings. The Morgan fingerprint density at radius 1 is 1.07 bits per heavy atom. The van der Waals surface area contributed by atoms with Gasteiger partial charge in [0.15, 0.2) is 0 Å². The molecule has 30 heavy (non-hydrogen) atoms. The van der Waals surface area contributed by atoms with E-state index in [9.17, 15) is 9.59 Å². The number of thiophene rings is 1. The standard InChI is InChI=1S/C25H26N2O2S/c1-18-8-10-19(11-9-18)15-23(28)27-13-12-25(17-27,24(26)29)16-20-5-2-3-6-21(20)22-7-4-14-30-22/h2-11,14H,12-13,15-17H2,1H3,(H2,26,29). The van der Waals surface area contributed by atoms with Gasteiger partial charge in [0.05, 0.1) is 11.8 Å². The van der Waals surface area contributed by atoms with E-state index >= 15 is 0 Å². The zero-order valence-corrected chi connectivity index (χ0v) is 18.0. The topological polar surface area (TPSA) is 63.4 Å². The van der Waals surface area contributed by atoms with Crippen LogP contribution in [0.5, 0.6) is 0 Å². The summed E-state index contributed by atoms with van der Waals surface area (Å²) in [6.07, 6.45) is 1.49. The predicted octanol–water partition coefficient (Wildman–Crippen LogP) is 4.21. The molecule has 0 spiro atoms. The Balaban J connectivity index is 1.53. The zero-order valence-electron chi connectivity index (χ0n) is 17.1. The van der Waals surface area contributed by atoms with Gasteiger partial charge in [0.25, 0.3) is 0 Å². The van der Waals surface area contributed by atoms with Crippen LogP contribution in [0, 0.1) is 12.3 Å². The Hall–Kier alpha value is -2.92. The van der Waals surface area contributed by atoms with E-state index in [1.54, 1.807) is 16.2 Å². The number of amides is 2. The molecule has 5 heteroatoms. The van der Waals surface area contributed by atoms with Gasteiger partial charge in [-0.1, -0.05) is 60.2 Å². The van der Waals surface area contributed by atoms with E-state index < -0.39 is 5.41 Å². The minimum Gasteiger partial charge on any atom is -0.369 e. The molecular formula is C25H26N2O2S. The molecule has 0 saturated carbocycles. The Morgan fingerprint density at radius 2 is 1.83 bits per heavy atom. The molecule has 0 bridgehead atoms. The Bertz CT molecular complexity index is 1040. The van der Waals surface area contributed by atoms with Crippen LogP contribution in [0.1, 0.15) is 23.1 Å². The summed E-state index contributed by atoms with van der Waals surface area (Å²) in [5.74, 6) is -0.275. The van der Waals surface area contributed by atoms with Crippen molar-refractivity contribution in [3.63, 3.8) is 0 Å². The first-order valence-corrected chi connectivity index (χ1v) is 11.1. The van der Waals surface area contributed by atoms with E-state index in [0.29, 0.717) is 32.4 Å². The van der Waals surface area contributed by atoms with Gasteiger partial charge in [0.2, 0.25) is 11.8 Å². The van der Waals surface area contributed by atoms with Gasteiger partial charge >= 0.3 is 0 Å². The summed E-state index contributed by atoms with van der Waals surface area (Å²) < 4.78 is 0. The molecule has 2 N–H and O–H groups in total. The normalized spacial score (nSPS) is 18.5. The zero-order chi connectivity index (χ0) is 21.1. The number of likely N-dealkylation sites (tertiary alicyclic amines) is 1. The summed E-state index contributed by atoms with van der Waals surface area (Å²) >= 11 is 1.68. The van der Waals surface area contributed by atoms with Crippen molar-refractivity contribution in [1.82, 2.24) is 4.90 Å². The van der Waals surface area contributed by atoms with E-state index in [1.807, 2.05) is 49.4 Å². The first-order valence-electron chi connectivity index (χ1n) is 10.2. The maximum absolute atomic E-state index is 12.9. The van der Waals surface area contributed by atoms with E-state index in [1.165, 1.54) is 10.4 Å². The molecule has 1 unspecified atom stereocenters. The summed E-state index contributed by atoms with van der Waals surface area (Å²) in [6.45, 7) is 2.97. The van der Waals surface area contributed by atoms with Crippen molar-refractivity contribution >= 4 is 23.2 Å². The predicted molar refractivity (Wildman–Crippen MR) is 121 cm³/mol. The van der Waals surface area contributed by atoms with Gasteiger partial charge in [-0.15, -0.1) is 11.3 Å². The number of primary amides is 1. The van der Waals surface area contributed by atoms with Crippen LogP contribution in [0.15, 0.2) is 66.0 Å². The molecule has 154 valence electrons. The summed E-state index contributed by atoms with van der Waals surface area (Å²) in [5.41, 5.74) is 9.58. The second-order valence-corrected chi connectivity index (χ2v) is 9.13. The third kappa shape index (κ3) is 4.17. The number of nitrogens with zero attached hydrogens (tertiary/aromatic N) is 1. The Labute approximate surface area is 181 Å². The summed E-state index contributed by atoms with van der Waals surface area (Å²) in [5, 5.41) is 2.05. The van der Waals surface area contributed by atoms with Crippen molar-refractivity contribution in [3.8, 4) is 10.4 Å². The van der Waals surface area contributed by atoms with Gasteiger partial charge in [-0.05, 0) is 47.9 Å². The number of rotatable bonds is 6. The summed E-state index contributed by atoms with van der Waals surface area (Å²) in [6, 6.07) is 20.3. The van der Waals surface area contributed by atoms with Gasteiger partial charge in [-0.25, -0.2) is 0 Å². The molecule has 1 atom stereocenters. The molecule has 1 aliphatic heterocycles. The summed E-state index contributed by atoms with van der Waals surface area (Å²) in [4.78, 5) is 28.4. The molecule has 1 fully saturated rings. The largest absolute Gasteiger partial charge is 0.369 e. The van der Waals surface area contributed by atoms with Crippen LogP contribution in [-0.4, -0.2) is 29.8 Å². The van der Waals surface area contributed by atoms with Crippen molar-refractivity contribution < 1.29 is 9.59 Å². The third-order valence-electron chi connectivity index (χ3n) is 6.04. The number of hydrogen-bond acceptors (Lipinski definition) is 3. The molecule has 0 radical (unpaired) electrons. The lowest BCUT2D eigenvalue weighted by Gasteiger charge is -2.27. The van der Waals surface area contributed by atoms with E-state index in [4.69, 9.17) is 5.73 Å². The van der Waals surface area contributed by atoms with Crippen molar-refractivity contribution in [2.75, 3.05) is 13.1 Å². The van der Waals surface area contributed by atoms with E-state index in [-0.39, 0.29) is 11.8 Å². The SMILES string of the molecule is Cc1ccc(CC(=O)N2CCC(Cc3ccccc3-c3cccs3)(C(N)=O)C2)cc1. The fraction of sp³-hybridized carbons (Fsp3) is 0.280. The molecule has 2 aromatic carbocycles. The lowest BCUT2D eigenvalue weighted by molar-refractivity contribution is -0.131. The first kappa shape index (κ1) is 20.4. The Morgan fingerprint density at radius 3 is 2.53 bits per heavy atom. The van der Waals surface area contributed by atoms with Crippen LogP contribution < -0.4 is 5.73 Å². The monoisotopic (exact) mass is 418 g/mol. The van der Waals surface area contributed by atoms with Crippen LogP contribution in [0.3, 0.4) is 0 Å². The molecular weight excluding hydrogens is 392 g/mol. The average molecular weight is 419 g/mol. The highest BCUT2D eigenvalue weighted by atomic mass is 32.1. The highest BCUT2D eigenvalue weighted by molar-refractivity contribution is 7.13. The molecule has 4 rings (SSSR count). The molecule has 0 aliphatic carbocycles. The minimum atomic E-state index is -0.726. The minimum absolute atomic E-state index is 0.0496. The van der Waals surface area contributed by atoms with Crippen molar-refractivity contribution in [3.05, 3.63) is 82.7 Å². The summed E-state index contributed by atoms with van der Waals surface area (Å²) in [7, 11) is 0. The highest BCUT2D eigenvalue weighted by Crippen LogP contribution is 2.38. The van der Waals surface area contributed by atoms with E-state index in [2.05, 4.69) is 23.6 Å². The van der Waals surface area contributed by atoms with Crippen molar-refractivity contribution in [2.24, 2.45) is 11.1 Å². The smallest absolute Gasteiger partial charge is 0.227 e. The van der Waals surface area contributed by atoms with Crippen molar-refractivity contribution in [2.45, 2.75) is 26.2 Å². The third-order valence-corrected chi connectivity index (χ3v) is 6.94. The van der Waals surface area contributed by atoms with Gasteiger partial charge < -0.3 is 10.6 Å². The molecule has 1 aliphatic rings. The first-order chi connectivity index (χ1) is 14.5. The van der Waals surface area contributed by atoms with E-state index in [0.717, 1.165) is 16.7 Å². The fourth-order valence-corrected chi connectivity index (χ4v) is 5.01. The van der Waals surface area contributed by atoms with Gasteiger partial charge in [-0.3, -0.25) is 9.59 Å². The second kappa shape index (κ2) is 8.44. The highest BCUT2D eigenvalue weighted by Gasteiger charge is 2.45. The van der Waals surface area contributed by atoms with Crippen LogP contribution in [0.2, 0.25) is 0 Å².